The second-order valence-electron chi connectivity index (χ2n) is 17.3. The number of aromatic nitrogens is 4. The number of aromatic amines is 2. The molecule has 0 aliphatic carbocycles. The van der Waals surface area contributed by atoms with Crippen LogP contribution in [0.4, 0.5) is 9.59 Å². The van der Waals surface area contributed by atoms with Crippen LogP contribution >= 0.6 is 0 Å². The minimum absolute atomic E-state index is 0.0856. The molecule has 8 rings (SSSR count). The van der Waals surface area contributed by atoms with Gasteiger partial charge >= 0.3 is 12.2 Å². The van der Waals surface area contributed by atoms with Crippen LogP contribution in [0.25, 0.3) is 44.2 Å². The van der Waals surface area contributed by atoms with Gasteiger partial charge in [-0.05, 0) is 85.4 Å². The Morgan fingerprint density at radius 3 is 2.38 bits per heavy atom. The first-order valence-corrected chi connectivity index (χ1v) is 22.0. The van der Waals surface area contributed by atoms with Gasteiger partial charge in [-0.25, -0.2) is 19.6 Å². The summed E-state index contributed by atoms with van der Waals surface area (Å²) in [7, 11) is 5.72. The maximum atomic E-state index is 14.1. The molecule has 5 aromatic rings. The number of hydrogen-bond acceptors (Lipinski definition) is 11. The topological polar surface area (TPSA) is 202 Å². The SMILES string of the molecule is CC[C@H](C)[C@H](NC(=O)OC)C(=O)N1C[C@@H](COC)C[C@H]1c1ncc(-c2ccc3c(c2)COc2cc4c(ccc5nc([C@@H]6CC[C@H](C)N6C(=O)[C@@H](NC(=O)OC)[C@@H](C)OC)[nH]c54)cc2-3)[nH]1. The van der Waals surface area contributed by atoms with Gasteiger partial charge in [-0.2, -0.15) is 0 Å². The van der Waals surface area contributed by atoms with Crippen LogP contribution in [0.2, 0.25) is 0 Å². The van der Waals surface area contributed by atoms with Crippen molar-refractivity contribution in [3.63, 3.8) is 0 Å². The molecule has 3 aliphatic heterocycles. The molecular weight excluding hydrogens is 821 g/mol. The highest BCUT2D eigenvalue weighted by atomic mass is 16.5. The zero-order valence-electron chi connectivity index (χ0n) is 37.7. The summed E-state index contributed by atoms with van der Waals surface area (Å²) in [5, 5.41) is 7.39. The number of methoxy groups -OCH3 is 4. The van der Waals surface area contributed by atoms with Crippen LogP contribution in [-0.2, 0) is 35.1 Å². The van der Waals surface area contributed by atoms with Crippen LogP contribution in [-0.4, -0.2) is 120 Å². The molecule has 5 heterocycles. The van der Waals surface area contributed by atoms with Crippen molar-refractivity contribution in [1.29, 1.82) is 0 Å². The van der Waals surface area contributed by atoms with Gasteiger partial charge in [-0.3, -0.25) is 9.59 Å². The number of ether oxygens (including phenoxy) is 5. The second-order valence-corrected chi connectivity index (χ2v) is 17.3. The highest BCUT2D eigenvalue weighted by Gasteiger charge is 2.43. The van der Waals surface area contributed by atoms with E-state index in [1.54, 1.807) is 25.1 Å². The van der Waals surface area contributed by atoms with E-state index in [1.165, 1.54) is 21.3 Å². The summed E-state index contributed by atoms with van der Waals surface area (Å²) in [6.07, 6.45) is 2.71. The van der Waals surface area contributed by atoms with E-state index >= 15 is 0 Å². The smallest absolute Gasteiger partial charge is 0.407 e. The molecule has 340 valence electrons. The summed E-state index contributed by atoms with van der Waals surface area (Å²) in [6.45, 7) is 9.02. The number of rotatable bonds is 13. The molecular formula is C47H58N8O9. The third-order valence-corrected chi connectivity index (χ3v) is 13.4. The highest BCUT2D eigenvalue weighted by Crippen LogP contribution is 2.44. The number of nitrogens with zero attached hydrogens (tertiary/aromatic N) is 4. The van der Waals surface area contributed by atoms with E-state index in [-0.39, 0.29) is 41.8 Å². The average Bonchev–Trinajstić information content (AvgIpc) is 4.14. The quantitative estimate of drug-likeness (QED) is 0.0971. The number of amides is 4. The molecule has 3 aliphatic rings. The number of benzene rings is 3. The van der Waals surface area contributed by atoms with Crippen molar-refractivity contribution in [2.45, 2.75) is 96.3 Å². The molecule has 0 radical (unpaired) electrons. The number of carbonyl (C=O) groups excluding carboxylic acids is 4. The molecule has 17 heteroatoms. The van der Waals surface area contributed by atoms with Crippen LogP contribution < -0.4 is 15.4 Å². The number of H-pyrrole nitrogens is 2. The lowest BCUT2D eigenvalue weighted by atomic mass is 9.92. The van der Waals surface area contributed by atoms with Crippen LogP contribution in [0.1, 0.15) is 82.7 Å². The summed E-state index contributed by atoms with van der Waals surface area (Å²) in [6, 6.07) is 12.1. The average molecular weight is 879 g/mol. The predicted octanol–water partition coefficient (Wildman–Crippen LogP) is 6.78. The van der Waals surface area contributed by atoms with E-state index < -0.39 is 30.4 Å². The van der Waals surface area contributed by atoms with Gasteiger partial charge in [0.2, 0.25) is 11.8 Å². The zero-order chi connectivity index (χ0) is 45.4. The van der Waals surface area contributed by atoms with Crippen LogP contribution in [0.3, 0.4) is 0 Å². The molecule has 0 spiro atoms. The maximum absolute atomic E-state index is 14.1. The van der Waals surface area contributed by atoms with Gasteiger partial charge in [-0.1, -0.05) is 38.5 Å². The van der Waals surface area contributed by atoms with Gasteiger partial charge in [0.05, 0.1) is 61.9 Å². The van der Waals surface area contributed by atoms with Gasteiger partial charge in [0.25, 0.3) is 0 Å². The molecule has 2 fully saturated rings. The molecule has 17 nitrogen and oxygen atoms in total. The fraction of sp³-hybridized carbons (Fsp3) is 0.489. The lowest BCUT2D eigenvalue weighted by Crippen LogP contribution is -2.55. The Balaban J connectivity index is 1.05. The summed E-state index contributed by atoms with van der Waals surface area (Å²) in [5.41, 5.74) is 6.44. The van der Waals surface area contributed by atoms with Crippen molar-refractivity contribution < 1.29 is 42.9 Å². The Morgan fingerprint density at radius 2 is 1.66 bits per heavy atom. The van der Waals surface area contributed by atoms with Crippen LogP contribution in [0.15, 0.2) is 48.7 Å². The minimum Gasteiger partial charge on any atom is -0.488 e. The number of imidazole rings is 2. The number of carbonyl (C=O) groups is 4. The number of hydrogen-bond donors (Lipinski definition) is 4. The molecule has 64 heavy (non-hydrogen) atoms. The minimum atomic E-state index is -0.938. The van der Waals surface area contributed by atoms with E-state index in [9.17, 15) is 19.2 Å². The molecule has 3 aromatic carbocycles. The first kappa shape index (κ1) is 44.4. The van der Waals surface area contributed by atoms with Crippen molar-refractivity contribution in [3.05, 3.63) is 65.9 Å². The Bertz CT molecular complexity index is 2560. The molecule has 0 saturated carbocycles. The Morgan fingerprint density at radius 1 is 0.891 bits per heavy atom. The van der Waals surface area contributed by atoms with E-state index in [2.05, 4.69) is 57.0 Å². The number of likely N-dealkylation sites (tertiary alicyclic amines) is 2. The van der Waals surface area contributed by atoms with Crippen LogP contribution in [0, 0.1) is 11.8 Å². The predicted molar refractivity (Wildman–Crippen MR) is 238 cm³/mol. The zero-order valence-corrected chi connectivity index (χ0v) is 37.7. The lowest BCUT2D eigenvalue weighted by Gasteiger charge is -2.33. The van der Waals surface area contributed by atoms with Gasteiger partial charge < -0.3 is 54.1 Å². The third-order valence-electron chi connectivity index (χ3n) is 13.4. The Labute approximate surface area is 371 Å². The lowest BCUT2D eigenvalue weighted by molar-refractivity contribution is -0.139. The number of nitrogens with one attached hydrogen (secondary N) is 4. The largest absolute Gasteiger partial charge is 0.488 e. The number of alkyl carbamates (subject to hydrolysis) is 2. The summed E-state index contributed by atoms with van der Waals surface area (Å²) >= 11 is 0. The molecule has 4 N–H and O–H groups in total. The first-order chi connectivity index (χ1) is 30.9. The van der Waals surface area contributed by atoms with Gasteiger partial charge in [-0.15, -0.1) is 0 Å². The van der Waals surface area contributed by atoms with Crippen molar-refractivity contribution >= 4 is 45.8 Å². The molecule has 4 amide bonds. The van der Waals surface area contributed by atoms with Crippen molar-refractivity contribution in [2.75, 3.05) is 41.6 Å². The maximum Gasteiger partial charge on any atom is 0.407 e. The molecule has 2 saturated heterocycles. The van der Waals surface area contributed by atoms with E-state index in [0.29, 0.717) is 50.7 Å². The van der Waals surface area contributed by atoms with Gasteiger partial charge in [0.15, 0.2) is 0 Å². The second kappa shape index (κ2) is 18.5. The van der Waals surface area contributed by atoms with Crippen LogP contribution in [0.5, 0.6) is 5.75 Å². The monoisotopic (exact) mass is 878 g/mol. The molecule has 8 atom stereocenters. The van der Waals surface area contributed by atoms with E-state index in [1.807, 2.05) is 31.7 Å². The fourth-order valence-electron chi connectivity index (χ4n) is 9.61. The van der Waals surface area contributed by atoms with Gasteiger partial charge in [0.1, 0.15) is 36.1 Å². The summed E-state index contributed by atoms with van der Waals surface area (Å²) in [4.78, 5) is 73.2. The highest BCUT2D eigenvalue weighted by molar-refractivity contribution is 6.07. The van der Waals surface area contributed by atoms with Crippen molar-refractivity contribution in [1.82, 2.24) is 40.4 Å². The molecule has 2 aromatic heterocycles. The number of fused-ring (bicyclic) bond motifs is 6. The Hall–Kier alpha value is -6.20. The van der Waals surface area contributed by atoms with E-state index in [0.717, 1.165) is 61.9 Å². The first-order valence-electron chi connectivity index (χ1n) is 22.0. The standard InChI is InChI=1S/C47H58N8O9/c1-9-24(2)39(52-46(58)62-7)44(56)54-21-27(22-60-5)16-37(54)42-48-20-35(50-42)29-11-13-31-30(17-29)23-64-38-19-32-28(18-33(31)38)12-14-34-41(32)51-43(49-34)36-15-10-25(3)55(36)45(57)40(26(4)61-6)53-47(59)63-8/h11-14,17-20,24-27,36-37,39-40H,9-10,15-16,21-23H2,1-8H3,(H,48,50)(H,49,51)(H,52,58)(H,53,59)/t24-,25-,26+,27-,36-,37-,39-,40-/m0/s1. The van der Waals surface area contributed by atoms with E-state index in [4.69, 9.17) is 33.7 Å². The normalized spacial score (nSPS) is 21.1. The Kier molecular flexibility index (Phi) is 12.8. The van der Waals surface area contributed by atoms with Crippen molar-refractivity contribution in [3.8, 4) is 28.1 Å². The molecule has 0 bridgehead atoms. The fourth-order valence-corrected chi connectivity index (χ4v) is 9.61. The van der Waals surface area contributed by atoms with Gasteiger partial charge in [0, 0.05) is 43.7 Å². The molecule has 0 unspecified atom stereocenters. The summed E-state index contributed by atoms with van der Waals surface area (Å²) < 4.78 is 27.1. The third kappa shape index (κ3) is 8.33. The van der Waals surface area contributed by atoms with Crippen molar-refractivity contribution in [2.24, 2.45) is 11.8 Å². The summed E-state index contributed by atoms with van der Waals surface area (Å²) in [5.74, 6) is 1.66.